The number of carbonyl (C=O) groups excluding carboxylic acids is 1. The smallest absolute Gasteiger partial charge is 0.264 e. The van der Waals surface area contributed by atoms with Crippen LogP contribution in [0.1, 0.15) is 16.6 Å². The second kappa shape index (κ2) is 4.85. The van der Waals surface area contributed by atoms with Gasteiger partial charge in [-0.25, -0.2) is 4.98 Å². The van der Waals surface area contributed by atoms with E-state index in [0.717, 1.165) is 10.2 Å². The average molecular weight is 245 g/mol. The number of nitrogens with two attached hydrogens (primary N) is 1. The molecule has 4 nitrogen and oxygen atoms in total. The van der Waals surface area contributed by atoms with Crippen LogP contribution >= 0.6 is 11.3 Å². The van der Waals surface area contributed by atoms with Crippen molar-refractivity contribution in [3.05, 3.63) is 23.2 Å². The van der Waals surface area contributed by atoms with Crippen molar-refractivity contribution in [2.75, 3.05) is 12.3 Å². The molecule has 0 fully saturated rings. The van der Waals surface area contributed by atoms with Crippen LogP contribution in [-0.2, 0) is 0 Å². The van der Waals surface area contributed by atoms with Crippen LogP contribution in [-0.4, -0.2) is 17.4 Å². The molecule has 0 unspecified atom stereocenters. The first kappa shape index (κ1) is 11.4. The second-order valence-electron chi connectivity index (χ2n) is 3.31. The van der Waals surface area contributed by atoms with Crippen molar-refractivity contribution in [2.24, 2.45) is 0 Å². The van der Waals surface area contributed by atoms with E-state index in [4.69, 9.17) is 5.73 Å². The second-order valence-corrected chi connectivity index (χ2v) is 4.31. The van der Waals surface area contributed by atoms with Crippen molar-refractivity contribution < 1.29 is 4.79 Å². The van der Waals surface area contributed by atoms with Gasteiger partial charge in [0.1, 0.15) is 9.71 Å². The zero-order valence-electron chi connectivity index (χ0n) is 9.28. The molecule has 0 aliphatic carbocycles. The summed E-state index contributed by atoms with van der Waals surface area (Å²) in [6.45, 7) is 2.06. The maximum atomic E-state index is 11.8. The molecule has 17 heavy (non-hydrogen) atoms. The third-order valence-corrected chi connectivity index (χ3v) is 3.35. The van der Waals surface area contributed by atoms with E-state index in [2.05, 4.69) is 22.1 Å². The number of pyridine rings is 1. The molecule has 0 bridgehead atoms. The van der Waals surface area contributed by atoms with Gasteiger partial charge in [-0.15, -0.1) is 17.3 Å². The van der Waals surface area contributed by atoms with Gasteiger partial charge in [0.05, 0.1) is 12.2 Å². The molecule has 1 amide bonds. The molecule has 0 radical (unpaired) electrons. The maximum absolute atomic E-state index is 11.8. The lowest BCUT2D eigenvalue weighted by Crippen LogP contribution is -2.23. The molecule has 2 heterocycles. The first-order valence-corrected chi connectivity index (χ1v) is 5.86. The quantitative estimate of drug-likeness (QED) is 0.790. The highest BCUT2D eigenvalue weighted by molar-refractivity contribution is 7.21. The van der Waals surface area contributed by atoms with E-state index in [1.165, 1.54) is 11.3 Å². The van der Waals surface area contributed by atoms with Crippen molar-refractivity contribution >= 4 is 33.1 Å². The number of carbonyl (C=O) groups is 1. The van der Waals surface area contributed by atoms with Crippen LogP contribution < -0.4 is 11.1 Å². The summed E-state index contributed by atoms with van der Waals surface area (Å²) in [6.07, 6.45) is 1.68. The number of hydrogen-bond acceptors (Lipinski definition) is 4. The van der Waals surface area contributed by atoms with Crippen LogP contribution in [0.25, 0.3) is 10.2 Å². The Morgan fingerprint density at radius 3 is 3.18 bits per heavy atom. The van der Waals surface area contributed by atoms with Gasteiger partial charge in [-0.3, -0.25) is 4.79 Å². The number of rotatable bonds is 2. The molecule has 2 aromatic heterocycles. The third kappa shape index (κ3) is 2.22. The van der Waals surface area contributed by atoms with Crippen molar-refractivity contribution in [3.8, 4) is 11.8 Å². The number of anilines is 1. The molecule has 0 spiro atoms. The predicted molar refractivity (Wildman–Crippen MR) is 69.8 cm³/mol. The van der Waals surface area contributed by atoms with E-state index in [1.54, 1.807) is 19.2 Å². The molecule has 0 atom stereocenters. The molecular formula is C12H11N3OS. The number of aromatic nitrogens is 1. The zero-order valence-corrected chi connectivity index (χ0v) is 10.1. The molecular weight excluding hydrogens is 234 g/mol. The van der Waals surface area contributed by atoms with Crippen LogP contribution in [0, 0.1) is 11.8 Å². The Balaban J connectivity index is 2.31. The minimum Gasteiger partial charge on any atom is -0.397 e. The van der Waals surface area contributed by atoms with Crippen LogP contribution in [0.3, 0.4) is 0 Å². The molecule has 0 aliphatic heterocycles. The Bertz CT molecular complexity index is 621. The van der Waals surface area contributed by atoms with E-state index in [1.807, 2.05) is 6.07 Å². The SMILES string of the molecule is CC#CCNC(=O)c1sc2ncccc2c1N. The molecule has 3 N–H and O–H groups in total. The molecule has 0 aliphatic rings. The summed E-state index contributed by atoms with van der Waals surface area (Å²) >= 11 is 1.29. The summed E-state index contributed by atoms with van der Waals surface area (Å²) in [4.78, 5) is 17.3. The molecule has 2 rings (SSSR count). The van der Waals surface area contributed by atoms with Crippen LogP contribution in [0.4, 0.5) is 5.69 Å². The van der Waals surface area contributed by atoms with E-state index < -0.39 is 0 Å². The summed E-state index contributed by atoms with van der Waals surface area (Å²) in [5.41, 5.74) is 6.40. The Morgan fingerprint density at radius 1 is 1.65 bits per heavy atom. The van der Waals surface area contributed by atoms with E-state index in [-0.39, 0.29) is 5.91 Å². The summed E-state index contributed by atoms with van der Waals surface area (Å²) < 4.78 is 0. The van der Waals surface area contributed by atoms with Gasteiger partial charge in [-0.05, 0) is 19.1 Å². The van der Waals surface area contributed by atoms with Crippen molar-refractivity contribution in [3.63, 3.8) is 0 Å². The molecule has 0 saturated heterocycles. The number of amides is 1. The fraction of sp³-hybridized carbons (Fsp3) is 0.167. The van der Waals surface area contributed by atoms with Gasteiger partial charge in [-0.1, -0.05) is 5.92 Å². The molecule has 86 valence electrons. The minimum atomic E-state index is -0.201. The van der Waals surface area contributed by atoms with Gasteiger partial charge in [-0.2, -0.15) is 0 Å². The van der Waals surface area contributed by atoms with Crippen molar-refractivity contribution in [1.29, 1.82) is 0 Å². The van der Waals surface area contributed by atoms with Gasteiger partial charge in [0.15, 0.2) is 0 Å². The van der Waals surface area contributed by atoms with Gasteiger partial charge < -0.3 is 11.1 Å². The first-order valence-electron chi connectivity index (χ1n) is 5.05. The number of hydrogen-bond donors (Lipinski definition) is 2. The Kier molecular flexibility index (Phi) is 3.26. The van der Waals surface area contributed by atoms with E-state index in [0.29, 0.717) is 17.1 Å². The first-order chi connectivity index (χ1) is 8.24. The van der Waals surface area contributed by atoms with Crippen LogP contribution in [0.2, 0.25) is 0 Å². The predicted octanol–water partition coefficient (Wildman–Crippen LogP) is 1.63. The van der Waals surface area contributed by atoms with Gasteiger partial charge in [0, 0.05) is 11.6 Å². The lowest BCUT2D eigenvalue weighted by Gasteiger charge is -1.99. The molecule has 0 saturated carbocycles. The Hall–Kier alpha value is -2.06. The highest BCUT2D eigenvalue weighted by atomic mass is 32.1. The van der Waals surface area contributed by atoms with E-state index >= 15 is 0 Å². The summed E-state index contributed by atoms with van der Waals surface area (Å²) in [6, 6.07) is 3.66. The standard InChI is InChI=1S/C12H11N3OS/c1-2-3-6-14-11(16)10-9(13)8-5-4-7-15-12(8)17-10/h4-5,7H,6,13H2,1H3,(H,14,16). The normalized spacial score (nSPS) is 9.71. The lowest BCUT2D eigenvalue weighted by molar-refractivity contribution is 0.0963. The van der Waals surface area contributed by atoms with Crippen molar-refractivity contribution in [2.45, 2.75) is 6.92 Å². The van der Waals surface area contributed by atoms with Crippen LogP contribution in [0.15, 0.2) is 18.3 Å². The fourth-order valence-electron chi connectivity index (χ4n) is 1.41. The topological polar surface area (TPSA) is 68.0 Å². The van der Waals surface area contributed by atoms with Gasteiger partial charge in [0.25, 0.3) is 5.91 Å². The fourth-order valence-corrected chi connectivity index (χ4v) is 2.39. The van der Waals surface area contributed by atoms with Crippen LogP contribution in [0.5, 0.6) is 0 Å². The molecule has 2 aromatic rings. The zero-order chi connectivity index (χ0) is 12.3. The highest BCUT2D eigenvalue weighted by Crippen LogP contribution is 2.31. The number of nitrogens with zero attached hydrogens (tertiary/aromatic N) is 1. The van der Waals surface area contributed by atoms with Gasteiger partial charge >= 0.3 is 0 Å². The third-order valence-electron chi connectivity index (χ3n) is 2.23. The average Bonchev–Trinajstić information content (AvgIpc) is 2.68. The van der Waals surface area contributed by atoms with E-state index in [9.17, 15) is 4.79 Å². The Labute approximate surface area is 103 Å². The summed E-state index contributed by atoms with van der Waals surface area (Å²) in [5.74, 6) is 5.28. The largest absolute Gasteiger partial charge is 0.397 e. The Morgan fingerprint density at radius 2 is 2.47 bits per heavy atom. The number of fused-ring (bicyclic) bond motifs is 1. The number of nitrogens with one attached hydrogen (secondary N) is 1. The minimum absolute atomic E-state index is 0.201. The van der Waals surface area contributed by atoms with Gasteiger partial charge in [0.2, 0.25) is 0 Å². The number of nitrogen functional groups attached to an aromatic ring is 1. The van der Waals surface area contributed by atoms with Crippen molar-refractivity contribution in [1.82, 2.24) is 10.3 Å². The molecule has 0 aromatic carbocycles. The highest BCUT2D eigenvalue weighted by Gasteiger charge is 2.15. The lowest BCUT2D eigenvalue weighted by atomic mass is 10.2. The molecule has 5 heteroatoms. The monoisotopic (exact) mass is 245 g/mol. The summed E-state index contributed by atoms with van der Waals surface area (Å²) in [7, 11) is 0. The number of thiophene rings is 1. The summed E-state index contributed by atoms with van der Waals surface area (Å²) in [5, 5.41) is 3.52. The maximum Gasteiger partial charge on any atom is 0.264 e.